The van der Waals surface area contributed by atoms with Crippen LogP contribution in [0, 0.1) is 0 Å². The van der Waals surface area contributed by atoms with Crippen molar-refractivity contribution in [2.45, 2.75) is 4.90 Å². The van der Waals surface area contributed by atoms with Crippen molar-refractivity contribution in [2.24, 2.45) is 7.05 Å². The van der Waals surface area contributed by atoms with Gasteiger partial charge in [0, 0.05) is 19.4 Å². The zero-order valence-corrected chi connectivity index (χ0v) is 12.6. The lowest BCUT2D eigenvalue weighted by Gasteiger charge is -2.07. The van der Waals surface area contributed by atoms with Gasteiger partial charge in [0.1, 0.15) is 15.2 Å². The average Bonchev–Trinajstić information content (AvgIpc) is 2.75. The molecule has 0 saturated heterocycles. The fourth-order valence-corrected chi connectivity index (χ4v) is 3.18. The quantitative estimate of drug-likeness (QED) is 0.808. The fraction of sp³-hybridized carbons (Fsp3) is 0.0909. The second kappa shape index (κ2) is 5.25. The van der Waals surface area contributed by atoms with E-state index in [1.54, 1.807) is 6.07 Å². The highest BCUT2D eigenvalue weighted by atomic mass is 79.9. The molecular formula is C11H10BrN3O4S. The number of aryl methyl sites for hydroxylation is 1. The number of pyridine rings is 1. The molecule has 0 amide bonds. The van der Waals surface area contributed by atoms with Crippen LogP contribution in [-0.4, -0.2) is 29.0 Å². The van der Waals surface area contributed by atoms with E-state index in [1.807, 2.05) is 0 Å². The molecule has 2 N–H and O–H groups in total. The van der Waals surface area contributed by atoms with Crippen molar-refractivity contribution >= 4 is 37.6 Å². The van der Waals surface area contributed by atoms with Gasteiger partial charge >= 0.3 is 5.97 Å². The first-order valence-corrected chi connectivity index (χ1v) is 7.62. The van der Waals surface area contributed by atoms with Crippen LogP contribution in [0.5, 0.6) is 0 Å². The van der Waals surface area contributed by atoms with Gasteiger partial charge in [0.2, 0.25) is 0 Å². The third-order valence-corrected chi connectivity index (χ3v) is 4.48. The standard InChI is InChI=1S/C11H10BrN3O4S/c1-15-6-7(5-9(15)11(16)17)20(18,19)14-8-3-2-4-13-10(8)12/h2-6,14H,1H3,(H,16,17). The number of hydrogen-bond donors (Lipinski definition) is 2. The van der Waals surface area contributed by atoms with Crippen LogP contribution >= 0.6 is 15.9 Å². The van der Waals surface area contributed by atoms with Gasteiger partial charge in [-0.15, -0.1) is 0 Å². The lowest BCUT2D eigenvalue weighted by Crippen LogP contribution is -2.13. The first-order chi connectivity index (χ1) is 9.31. The molecule has 0 aliphatic rings. The van der Waals surface area contributed by atoms with Crippen molar-refractivity contribution in [1.29, 1.82) is 0 Å². The normalized spacial score (nSPS) is 11.3. The highest BCUT2D eigenvalue weighted by molar-refractivity contribution is 9.10. The molecule has 0 bridgehead atoms. The summed E-state index contributed by atoms with van der Waals surface area (Å²) in [5, 5.41) is 8.92. The number of nitrogens with one attached hydrogen (secondary N) is 1. The van der Waals surface area contributed by atoms with Crippen molar-refractivity contribution < 1.29 is 18.3 Å². The van der Waals surface area contributed by atoms with Crippen LogP contribution in [0.25, 0.3) is 0 Å². The van der Waals surface area contributed by atoms with Crippen molar-refractivity contribution in [3.63, 3.8) is 0 Å². The predicted octanol–water partition coefficient (Wildman–Crippen LogP) is 1.68. The zero-order valence-electron chi connectivity index (χ0n) is 10.2. The minimum atomic E-state index is -3.88. The first kappa shape index (κ1) is 14.5. The third-order valence-electron chi connectivity index (χ3n) is 2.51. The Labute approximate surface area is 123 Å². The number of nitrogens with zero attached hydrogens (tertiary/aromatic N) is 2. The number of hydrogen-bond acceptors (Lipinski definition) is 4. The summed E-state index contributed by atoms with van der Waals surface area (Å²) >= 11 is 3.13. The number of aromatic carboxylic acids is 1. The highest BCUT2D eigenvalue weighted by Gasteiger charge is 2.21. The molecule has 2 rings (SSSR count). The fourth-order valence-electron chi connectivity index (χ4n) is 1.56. The molecule has 0 saturated carbocycles. The Bertz CT molecular complexity index is 770. The van der Waals surface area contributed by atoms with E-state index in [4.69, 9.17) is 5.11 Å². The molecule has 106 valence electrons. The Balaban J connectivity index is 2.39. The summed E-state index contributed by atoms with van der Waals surface area (Å²) in [6.07, 6.45) is 2.74. The maximum absolute atomic E-state index is 12.2. The number of sulfonamides is 1. The number of carboxylic acid groups (broad SMARTS) is 1. The smallest absolute Gasteiger partial charge is 0.352 e. The van der Waals surface area contributed by atoms with Crippen LogP contribution in [0.4, 0.5) is 5.69 Å². The molecule has 0 atom stereocenters. The maximum atomic E-state index is 12.2. The molecule has 0 aliphatic heterocycles. The summed E-state index contributed by atoms with van der Waals surface area (Å²) in [5.74, 6) is -1.20. The van der Waals surface area contributed by atoms with Gasteiger partial charge in [-0.3, -0.25) is 4.72 Å². The van der Waals surface area contributed by atoms with Crippen LogP contribution in [0.1, 0.15) is 10.5 Å². The highest BCUT2D eigenvalue weighted by Crippen LogP contribution is 2.23. The summed E-state index contributed by atoms with van der Waals surface area (Å²) in [7, 11) is -2.41. The van der Waals surface area contributed by atoms with Crippen molar-refractivity contribution in [3.05, 3.63) is 40.9 Å². The van der Waals surface area contributed by atoms with Gasteiger partial charge in [0.15, 0.2) is 0 Å². The molecule has 9 heteroatoms. The first-order valence-electron chi connectivity index (χ1n) is 5.34. The van der Waals surface area contributed by atoms with Gasteiger partial charge in [-0.2, -0.15) is 0 Å². The number of aromatic nitrogens is 2. The van der Waals surface area contributed by atoms with Gasteiger partial charge < -0.3 is 9.67 Å². The van der Waals surface area contributed by atoms with Gasteiger partial charge in [0.05, 0.1) is 5.69 Å². The number of halogens is 1. The molecule has 0 unspecified atom stereocenters. The summed E-state index contributed by atoms with van der Waals surface area (Å²) in [6, 6.07) is 4.21. The third kappa shape index (κ3) is 2.83. The lowest BCUT2D eigenvalue weighted by molar-refractivity contribution is 0.0686. The molecule has 2 heterocycles. The summed E-state index contributed by atoms with van der Waals surface area (Å²) in [5.41, 5.74) is 0.156. The molecule has 0 spiro atoms. The Kier molecular flexibility index (Phi) is 3.82. The molecule has 0 aliphatic carbocycles. The van der Waals surface area contributed by atoms with E-state index in [-0.39, 0.29) is 16.3 Å². The van der Waals surface area contributed by atoms with Gasteiger partial charge in [-0.25, -0.2) is 18.2 Å². The molecular weight excluding hydrogens is 350 g/mol. The molecule has 7 nitrogen and oxygen atoms in total. The maximum Gasteiger partial charge on any atom is 0.352 e. The average molecular weight is 360 g/mol. The van der Waals surface area contributed by atoms with Gasteiger partial charge in [0.25, 0.3) is 10.0 Å². The Morgan fingerprint density at radius 2 is 2.20 bits per heavy atom. The van der Waals surface area contributed by atoms with E-state index in [9.17, 15) is 13.2 Å². The lowest BCUT2D eigenvalue weighted by atomic mass is 10.4. The topological polar surface area (TPSA) is 101 Å². The summed E-state index contributed by atoms with van der Waals surface area (Å²) in [6.45, 7) is 0. The van der Waals surface area contributed by atoms with Crippen molar-refractivity contribution in [1.82, 2.24) is 9.55 Å². The van der Waals surface area contributed by atoms with E-state index in [0.29, 0.717) is 4.60 Å². The van der Waals surface area contributed by atoms with E-state index in [1.165, 1.54) is 30.1 Å². The summed E-state index contributed by atoms with van der Waals surface area (Å²) < 4.78 is 28.3. The van der Waals surface area contributed by atoms with Crippen LogP contribution in [-0.2, 0) is 17.1 Å². The van der Waals surface area contributed by atoms with E-state index < -0.39 is 16.0 Å². The molecule has 0 fully saturated rings. The van der Waals surface area contributed by atoms with Gasteiger partial charge in [-0.05, 0) is 34.1 Å². The number of anilines is 1. The van der Waals surface area contributed by atoms with Crippen LogP contribution in [0.2, 0.25) is 0 Å². The number of carbonyl (C=O) groups is 1. The predicted molar refractivity (Wildman–Crippen MR) is 75.1 cm³/mol. The van der Waals surface area contributed by atoms with Crippen LogP contribution in [0.3, 0.4) is 0 Å². The van der Waals surface area contributed by atoms with Gasteiger partial charge in [-0.1, -0.05) is 0 Å². The minimum absolute atomic E-state index is 0.115. The Morgan fingerprint density at radius 3 is 2.75 bits per heavy atom. The number of rotatable bonds is 4. The van der Waals surface area contributed by atoms with E-state index in [2.05, 4.69) is 25.6 Å². The Hall–Kier alpha value is -1.87. The zero-order chi connectivity index (χ0) is 14.9. The molecule has 2 aromatic rings. The SMILES string of the molecule is Cn1cc(S(=O)(=O)Nc2cccnc2Br)cc1C(=O)O. The minimum Gasteiger partial charge on any atom is -0.477 e. The molecule has 2 aromatic heterocycles. The van der Waals surface area contributed by atoms with E-state index >= 15 is 0 Å². The van der Waals surface area contributed by atoms with Crippen molar-refractivity contribution in [2.75, 3.05) is 4.72 Å². The molecule has 0 aromatic carbocycles. The monoisotopic (exact) mass is 359 g/mol. The second-order valence-corrected chi connectivity index (χ2v) is 6.36. The van der Waals surface area contributed by atoms with E-state index in [0.717, 1.165) is 6.07 Å². The summed E-state index contributed by atoms with van der Waals surface area (Å²) in [4.78, 5) is 14.7. The Morgan fingerprint density at radius 1 is 1.50 bits per heavy atom. The molecule has 20 heavy (non-hydrogen) atoms. The van der Waals surface area contributed by atoms with Crippen LogP contribution in [0.15, 0.2) is 40.1 Å². The molecule has 0 radical (unpaired) electrons. The van der Waals surface area contributed by atoms with Crippen LogP contribution < -0.4 is 4.72 Å². The largest absolute Gasteiger partial charge is 0.477 e. The second-order valence-electron chi connectivity index (χ2n) is 3.92. The van der Waals surface area contributed by atoms with Crippen molar-refractivity contribution in [3.8, 4) is 0 Å². The number of carboxylic acids is 1.